The van der Waals surface area contributed by atoms with Crippen LogP contribution in [0.3, 0.4) is 0 Å². The molecular weight excluding hydrogens is 345 g/mol. The standard InChI is InChI=1S/C15H15F3N2O3S/c16-15(17,18)8-10(14(22)23)19-12(21)6-3-7-13-20-9-4-1-2-5-11(9)24-13/h1-2,4-5,10H,3,6-8H2,(H,19,21)(H,22,23). The van der Waals surface area contributed by atoms with E-state index in [0.717, 1.165) is 15.2 Å². The highest BCUT2D eigenvalue weighted by Crippen LogP contribution is 2.23. The van der Waals surface area contributed by atoms with Crippen LogP contribution < -0.4 is 5.32 Å². The van der Waals surface area contributed by atoms with E-state index in [0.29, 0.717) is 12.8 Å². The van der Waals surface area contributed by atoms with Crippen LogP contribution in [0.25, 0.3) is 10.2 Å². The minimum absolute atomic E-state index is 0.0580. The molecule has 2 aromatic rings. The number of amides is 1. The van der Waals surface area contributed by atoms with Gasteiger partial charge in [-0.3, -0.25) is 4.79 Å². The minimum Gasteiger partial charge on any atom is -0.480 e. The number of hydrogen-bond donors (Lipinski definition) is 2. The molecule has 0 spiro atoms. The lowest BCUT2D eigenvalue weighted by Gasteiger charge is -2.16. The van der Waals surface area contributed by atoms with E-state index in [-0.39, 0.29) is 6.42 Å². The summed E-state index contributed by atoms with van der Waals surface area (Å²) in [5, 5.41) is 11.5. The van der Waals surface area contributed by atoms with Crippen molar-refractivity contribution in [2.24, 2.45) is 0 Å². The largest absolute Gasteiger partial charge is 0.480 e. The molecule has 130 valence electrons. The van der Waals surface area contributed by atoms with Crippen molar-refractivity contribution in [3.8, 4) is 0 Å². The van der Waals surface area contributed by atoms with Gasteiger partial charge in [0, 0.05) is 6.42 Å². The lowest BCUT2D eigenvalue weighted by atomic mass is 10.1. The zero-order valence-corrected chi connectivity index (χ0v) is 13.3. The molecule has 0 bridgehead atoms. The van der Waals surface area contributed by atoms with Gasteiger partial charge < -0.3 is 10.4 Å². The maximum atomic E-state index is 12.3. The number of aryl methyl sites for hydroxylation is 1. The number of halogens is 3. The Morgan fingerprint density at radius 1 is 1.29 bits per heavy atom. The molecule has 2 rings (SSSR count). The third-order valence-electron chi connectivity index (χ3n) is 3.20. The maximum Gasteiger partial charge on any atom is 0.391 e. The van der Waals surface area contributed by atoms with E-state index in [2.05, 4.69) is 4.98 Å². The number of para-hydroxylation sites is 1. The van der Waals surface area contributed by atoms with Crippen LogP contribution in [0, 0.1) is 0 Å². The summed E-state index contributed by atoms with van der Waals surface area (Å²) >= 11 is 1.49. The van der Waals surface area contributed by atoms with Gasteiger partial charge in [0.05, 0.1) is 21.6 Å². The number of carbonyl (C=O) groups is 2. The molecule has 5 nitrogen and oxygen atoms in total. The molecule has 0 aliphatic rings. The second-order valence-electron chi connectivity index (χ2n) is 5.21. The molecule has 0 saturated heterocycles. The van der Waals surface area contributed by atoms with Crippen LogP contribution in [0.2, 0.25) is 0 Å². The Kier molecular flexibility index (Phi) is 5.76. The van der Waals surface area contributed by atoms with Crippen LogP contribution in [0.4, 0.5) is 13.2 Å². The first-order valence-corrected chi connectivity index (χ1v) is 7.99. The van der Waals surface area contributed by atoms with Crippen molar-refractivity contribution in [2.75, 3.05) is 0 Å². The number of rotatable bonds is 7. The second kappa shape index (κ2) is 7.61. The molecule has 9 heteroatoms. The highest BCUT2D eigenvalue weighted by atomic mass is 32.1. The summed E-state index contributed by atoms with van der Waals surface area (Å²) in [6.45, 7) is 0. The summed E-state index contributed by atoms with van der Waals surface area (Å²) in [5.74, 6) is -2.42. The second-order valence-corrected chi connectivity index (χ2v) is 6.32. The van der Waals surface area contributed by atoms with Crippen molar-refractivity contribution in [3.05, 3.63) is 29.3 Å². The van der Waals surface area contributed by atoms with Gasteiger partial charge >= 0.3 is 12.1 Å². The first-order chi connectivity index (χ1) is 11.2. The summed E-state index contributed by atoms with van der Waals surface area (Å²) in [7, 11) is 0. The zero-order chi connectivity index (χ0) is 17.7. The average molecular weight is 360 g/mol. The van der Waals surface area contributed by atoms with Crippen molar-refractivity contribution in [3.63, 3.8) is 0 Å². The molecule has 1 amide bonds. The Labute approximate surface area is 139 Å². The Hall–Kier alpha value is -2.16. The smallest absolute Gasteiger partial charge is 0.391 e. The fourth-order valence-electron chi connectivity index (χ4n) is 2.13. The van der Waals surface area contributed by atoms with Gasteiger partial charge in [0.1, 0.15) is 6.04 Å². The number of carboxylic acid groups (broad SMARTS) is 1. The molecule has 0 saturated carbocycles. The van der Waals surface area contributed by atoms with Gasteiger partial charge in [-0.1, -0.05) is 12.1 Å². The highest BCUT2D eigenvalue weighted by Gasteiger charge is 2.36. The SMILES string of the molecule is O=C(CCCc1nc2ccccc2s1)NC(CC(F)(F)F)C(=O)O. The predicted octanol–water partition coefficient (Wildman–Crippen LogP) is 3.14. The maximum absolute atomic E-state index is 12.3. The van der Waals surface area contributed by atoms with E-state index >= 15 is 0 Å². The van der Waals surface area contributed by atoms with Gasteiger partial charge in [-0.05, 0) is 25.0 Å². The number of carboxylic acids is 1. The van der Waals surface area contributed by atoms with Crippen LogP contribution in [0.1, 0.15) is 24.3 Å². The van der Waals surface area contributed by atoms with Gasteiger partial charge in [0.25, 0.3) is 0 Å². The van der Waals surface area contributed by atoms with Crippen molar-refractivity contribution in [2.45, 2.75) is 37.9 Å². The van der Waals surface area contributed by atoms with E-state index in [4.69, 9.17) is 5.11 Å². The molecule has 0 aliphatic heterocycles. The summed E-state index contributed by atoms with van der Waals surface area (Å²) in [6.07, 6.45) is -5.42. The van der Waals surface area contributed by atoms with Crippen molar-refractivity contribution in [1.82, 2.24) is 10.3 Å². The van der Waals surface area contributed by atoms with Gasteiger partial charge in [-0.25, -0.2) is 9.78 Å². The van der Waals surface area contributed by atoms with Crippen LogP contribution in [-0.2, 0) is 16.0 Å². The molecule has 1 heterocycles. The molecule has 1 aromatic carbocycles. The Morgan fingerprint density at radius 2 is 2.00 bits per heavy atom. The number of hydrogen-bond acceptors (Lipinski definition) is 4. The van der Waals surface area contributed by atoms with Crippen molar-refractivity contribution >= 4 is 33.4 Å². The van der Waals surface area contributed by atoms with Crippen molar-refractivity contribution in [1.29, 1.82) is 0 Å². The van der Waals surface area contributed by atoms with Crippen LogP contribution in [-0.4, -0.2) is 34.2 Å². The summed E-state index contributed by atoms with van der Waals surface area (Å²) in [5.41, 5.74) is 0.859. The molecule has 24 heavy (non-hydrogen) atoms. The van der Waals surface area contributed by atoms with Gasteiger partial charge in [0.15, 0.2) is 0 Å². The molecule has 0 radical (unpaired) electrons. The predicted molar refractivity (Wildman–Crippen MR) is 82.8 cm³/mol. The molecule has 1 aromatic heterocycles. The van der Waals surface area contributed by atoms with E-state index in [1.807, 2.05) is 29.6 Å². The van der Waals surface area contributed by atoms with E-state index in [9.17, 15) is 22.8 Å². The molecule has 0 fully saturated rings. The number of alkyl halides is 3. The monoisotopic (exact) mass is 360 g/mol. The third-order valence-corrected chi connectivity index (χ3v) is 4.30. The van der Waals surface area contributed by atoms with Gasteiger partial charge in [0.2, 0.25) is 5.91 Å². The van der Waals surface area contributed by atoms with Crippen LogP contribution >= 0.6 is 11.3 Å². The van der Waals surface area contributed by atoms with Crippen LogP contribution in [0.5, 0.6) is 0 Å². The number of nitrogens with one attached hydrogen (secondary N) is 1. The molecule has 2 N–H and O–H groups in total. The first-order valence-electron chi connectivity index (χ1n) is 7.18. The van der Waals surface area contributed by atoms with Gasteiger partial charge in [-0.2, -0.15) is 13.2 Å². The number of nitrogens with zero attached hydrogens (tertiary/aromatic N) is 1. The fourth-order valence-corrected chi connectivity index (χ4v) is 3.13. The van der Waals surface area contributed by atoms with Gasteiger partial charge in [-0.15, -0.1) is 11.3 Å². The number of aliphatic carboxylic acids is 1. The fraction of sp³-hybridized carbons (Fsp3) is 0.400. The highest BCUT2D eigenvalue weighted by molar-refractivity contribution is 7.18. The van der Waals surface area contributed by atoms with E-state index in [1.54, 1.807) is 0 Å². The van der Waals surface area contributed by atoms with Crippen molar-refractivity contribution < 1.29 is 27.9 Å². The molecule has 1 unspecified atom stereocenters. The number of thiazole rings is 1. The quantitative estimate of drug-likeness (QED) is 0.795. The average Bonchev–Trinajstić information content (AvgIpc) is 2.87. The number of fused-ring (bicyclic) bond motifs is 1. The zero-order valence-electron chi connectivity index (χ0n) is 12.5. The lowest BCUT2D eigenvalue weighted by molar-refractivity contribution is -0.160. The summed E-state index contributed by atoms with van der Waals surface area (Å²) < 4.78 is 37.8. The van der Waals surface area contributed by atoms with E-state index < -0.39 is 30.5 Å². The molecule has 1 atom stereocenters. The third kappa shape index (κ3) is 5.48. The normalized spacial score (nSPS) is 13.0. The summed E-state index contributed by atoms with van der Waals surface area (Å²) in [6, 6.07) is 5.60. The Bertz CT molecular complexity index is 697. The Morgan fingerprint density at radius 3 is 2.62 bits per heavy atom. The minimum atomic E-state index is -4.66. The summed E-state index contributed by atoms with van der Waals surface area (Å²) in [4.78, 5) is 26.8. The molecular formula is C15H15F3N2O3S. The number of aromatic nitrogens is 1. The lowest BCUT2D eigenvalue weighted by Crippen LogP contribution is -2.43. The van der Waals surface area contributed by atoms with Crippen LogP contribution in [0.15, 0.2) is 24.3 Å². The Balaban J connectivity index is 1.82. The van der Waals surface area contributed by atoms with E-state index in [1.165, 1.54) is 11.3 Å². The topological polar surface area (TPSA) is 79.3 Å². The first kappa shape index (κ1) is 18.2. The number of benzene rings is 1. The molecule has 0 aliphatic carbocycles. The number of carbonyl (C=O) groups excluding carboxylic acids is 1.